The van der Waals surface area contributed by atoms with E-state index in [2.05, 4.69) is 5.16 Å². The van der Waals surface area contributed by atoms with Crippen molar-refractivity contribution in [2.45, 2.75) is 43.5 Å². The molecule has 6 nitrogen and oxygen atoms in total. The van der Waals surface area contributed by atoms with E-state index >= 15 is 0 Å². The lowest BCUT2D eigenvalue weighted by atomic mass is 10.1. The Morgan fingerprint density at radius 2 is 1.96 bits per heavy atom. The van der Waals surface area contributed by atoms with Crippen molar-refractivity contribution in [2.75, 3.05) is 13.7 Å². The maximum atomic E-state index is 13.2. The lowest BCUT2D eigenvalue weighted by molar-refractivity contribution is 0.258. The van der Waals surface area contributed by atoms with Gasteiger partial charge >= 0.3 is 0 Å². The van der Waals surface area contributed by atoms with Gasteiger partial charge in [0.05, 0.1) is 23.7 Å². The highest BCUT2D eigenvalue weighted by molar-refractivity contribution is 7.89. The molecule has 1 aliphatic rings. The third-order valence-corrected chi connectivity index (χ3v) is 6.27. The van der Waals surface area contributed by atoms with Crippen LogP contribution in [0.25, 0.3) is 0 Å². The molecule has 1 fully saturated rings. The normalized spacial score (nSPS) is 19.8. The third-order valence-electron chi connectivity index (χ3n) is 4.34. The summed E-state index contributed by atoms with van der Waals surface area (Å²) in [5, 5.41) is 3.92. The number of ether oxygens (including phenoxy) is 1. The van der Waals surface area contributed by atoms with Crippen LogP contribution in [0.2, 0.25) is 0 Å². The second-order valence-corrected chi connectivity index (χ2v) is 7.92. The van der Waals surface area contributed by atoms with Gasteiger partial charge in [0.1, 0.15) is 5.75 Å². The van der Waals surface area contributed by atoms with Crippen molar-refractivity contribution in [3.63, 3.8) is 0 Å². The van der Waals surface area contributed by atoms with Gasteiger partial charge in [-0.2, -0.15) is 4.31 Å². The summed E-state index contributed by atoms with van der Waals surface area (Å²) in [6, 6.07) is 8.02. The van der Waals surface area contributed by atoms with Crippen LogP contribution in [0, 0.1) is 6.92 Å². The van der Waals surface area contributed by atoms with E-state index in [0.717, 1.165) is 31.4 Å². The molecule has 2 aromatic rings. The number of rotatable bonds is 4. The van der Waals surface area contributed by atoms with E-state index in [4.69, 9.17) is 9.26 Å². The molecule has 0 amide bonds. The van der Waals surface area contributed by atoms with E-state index in [1.807, 2.05) is 13.0 Å². The minimum atomic E-state index is -3.61. The number of benzene rings is 1. The number of methoxy groups -OCH3 is 1. The van der Waals surface area contributed by atoms with Gasteiger partial charge in [-0.05, 0) is 44.0 Å². The van der Waals surface area contributed by atoms with Crippen molar-refractivity contribution in [1.29, 1.82) is 0 Å². The molecule has 24 heavy (non-hydrogen) atoms. The number of sulfonamides is 1. The monoisotopic (exact) mass is 350 g/mol. The van der Waals surface area contributed by atoms with E-state index in [1.165, 1.54) is 0 Å². The molecule has 1 unspecified atom stereocenters. The fourth-order valence-corrected chi connectivity index (χ4v) is 4.74. The van der Waals surface area contributed by atoms with Crippen molar-refractivity contribution < 1.29 is 17.7 Å². The molecule has 2 heterocycles. The molecule has 3 rings (SSSR count). The van der Waals surface area contributed by atoms with Gasteiger partial charge in [-0.15, -0.1) is 0 Å². The fourth-order valence-electron chi connectivity index (χ4n) is 3.08. The molecule has 1 saturated heterocycles. The largest absolute Gasteiger partial charge is 0.497 e. The molecule has 0 spiro atoms. The lowest BCUT2D eigenvalue weighted by Crippen LogP contribution is -2.34. The van der Waals surface area contributed by atoms with E-state index < -0.39 is 10.0 Å². The number of nitrogens with zero attached hydrogens (tertiary/aromatic N) is 2. The second-order valence-electron chi connectivity index (χ2n) is 6.03. The summed E-state index contributed by atoms with van der Waals surface area (Å²) >= 11 is 0. The van der Waals surface area contributed by atoms with Gasteiger partial charge in [-0.1, -0.05) is 18.0 Å². The van der Waals surface area contributed by atoms with Crippen LogP contribution in [0.3, 0.4) is 0 Å². The fraction of sp³-hybridized carbons (Fsp3) is 0.471. The first-order chi connectivity index (χ1) is 11.5. The van der Waals surface area contributed by atoms with Crippen LogP contribution >= 0.6 is 0 Å². The molecular formula is C17H22N2O4S. The maximum absolute atomic E-state index is 13.2. The van der Waals surface area contributed by atoms with Gasteiger partial charge in [-0.25, -0.2) is 8.42 Å². The Balaban J connectivity index is 1.97. The molecule has 1 aromatic heterocycles. The summed E-state index contributed by atoms with van der Waals surface area (Å²) < 4.78 is 38.4. The van der Waals surface area contributed by atoms with Gasteiger partial charge < -0.3 is 9.26 Å². The Hall–Kier alpha value is -1.86. The highest BCUT2D eigenvalue weighted by Crippen LogP contribution is 2.35. The molecule has 130 valence electrons. The molecular weight excluding hydrogens is 328 g/mol. The first-order valence-corrected chi connectivity index (χ1v) is 9.55. The molecule has 1 aliphatic heterocycles. The van der Waals surface area contributed by atoms with Crippen LogP contribution in [0.4, 0.5) is 0 Å². The van der Waals surface area contributed by atoms with Gasteiger partial charge in [0.2, 0.25) is 10.0 Å². The Kier molecular flexibility index (Phi) is 4.91. The first-order valence-electron chi connectivity index (χ1n) is 8.11. The summed E-state index contributed by atoms with van der Waals surface area (Å²) in [7, 11) is -2.05. The zero-order valence-electron chi connectivity index (χ0n) is 13.9. The summed E-state index contributed by atoms with van der Waals surface area (Å²) in [6.45, 7) is 2.32. The Labute approximate surface area is 142 Å². The third kappa shape index (κ3) is 3.32. The van der Waals surface area contributed by atoms with E-state index in [9.17, 15) is 8.42 Å². The van der Waals surface area contributed by atoms with Crippen LogP contribution in [0.5, 0.6) is 5.75 Å². The maximum Gasteiger partial charge on any atom is 0.243 e. The van der Waals surface area contributed by atoms with Crippen LogP contribution in [0.15, 0.2) is 39.8 Å². The van der Waals surface area contributed by atoms with Gasteiger partial charge in [0.25, 0.3) is 0 Å². The van der Waals surface area contributed by atoms with Gasteiger partial charge in [0.15, 0.2) is 5.76 Å². The number of hydrogen-bond donors (Lipinski definition) is 0. The minimum absolute atomic E-state index is 0.270. The average Bonchev–Trinajstić information content (AvgIpc) is 2.86. The second kappa shape index (κ2) is 6.94. The van der Waals surface area contributed by atoms with Crippen LogP contribution in [-0.2, 0) is 10.0 Å². The molecule has 1 atom stereocenters. The Bertz CT molecular complexity index is 783. The average molecular weight is 350 g/mol. The Morgan fingerprint density at radius 1 is 1.21 bits per heavy atom. The van der Waals surface area contributed by atoms with E-state index in [0.29, 0.717) is 18.1 Å². The van der Waals surface area contributed by atoms with Crippen molar-refractivity contribution in [1.82, 2.24) is 9.46 Å². The van der Waals surface area contributed by atoms with Crippen molar-refractivity contribution in [2.24, 2.45) is 0 Å². The molecule has 0 aliphatic carbocycles. The number of aromatic nitrogens is 1. The van der Waals surface area contributed by atoms with Crippen molar-refractivity contribution in [3.05, 3.63) is 41.8 Å². The molecule has 0 N–H and O–H groups in total. The topological polar surface area (TPSA) is 72.6 Å². The zero-order chi connectivity index (χ0) is 17.2. The standard InChI is InChI=1S/C17H22N2O4S/c1-13-12-17(23-18-13)16-6-4-3-5-11-19(16)24(20,21)15-9-7-14(22-2)8-10-15/h7-10,12,16H,3-6,11H2,1-2H3. The summed E-state index contributed by atoms with van der Waals surface area (Å²) in [6.07, 6.45) is 3.57. The summed E-state index contributed by atoms with van der Waals surface area (Å²) in [5.74, 6) is 1.25. The highest BCUT2D eigenvalue weighted by atomic mass is 32.2. The highest BCUT2D eigenvalue weighted by Gasteiger charge is 2.35. The van der Waals surface area contributed by atoms with E-state index in [-0.39, 0.29) is 10.9 Å². The molecule has 1 aromatic carbocycles. The molecule has 0 saturated carbocycles. The zero-order valence-corrected chi connectivity index (χ0v) is 14.8. The SMILES string of the molecule is COc1ccc(S(=O)(=O)N2CCCCCC2c2cc(C)no2)cc1. The molecule has 0 bridgehead atoms. The number of hydrogen-bond acceptors (Lipinski definition) is 5. The molecule has 0 radical (unpaired) electrons. The van der Waals surface area contributed by atoms with Crippen molar-refractivity contribution >= 4 is 10.0 Å². The predicted molar refractivity (Wildman–Crippen MR) is 89.3 cm³/mol. The smallest absolute Gasteiger partial charge is 0.243 e. The van der Waals surface area contributed by atoms with Gasteiger partial charge in [-0.3, -0.25) is 0 Å². The number of aryl methyl sites for hydroxylation is 1. The van der Waals surface area contributed by atoms with Crippen LogP contribution in [0.1, 0.15) is 43.2 Å². The first kappa shape index (κ1) is 17.0. The van der Waals surface area contributed by atoms with Crippen LogP contribution in [-0.4, -0.2) is 31.5 Å². The van der Waals surface area contributed by atoms with Crippen LogP contribution < -0.4 is 4.74 Å². The summed E-state index contributed by atoms with van der Waals surface area (Å²) in [4.78, 5) is 0.270. The minimum Gasteiger partial charge on any atom is -0.497 e. The van der Waals surface area contributed by atoms with Crippen molar-refractivity contribution in [3.8, 4) is 5.75 Å². The van der Waals surface area contributed by atoms with Gasteiger partial charge in [0, 0.05) is 12.6 Å². The predicted octanol–water partition coefficient (Wildman–Crippen LogP) is 3.30. The lowest BCUT2D eigenvalue weighted by Gasteiger charge is -2.27. The summed E-state index contributed by atoms with van der Waals surface area (Å²) in [5.41, 5.74) is 0.760. The molecule has 7 heteroatoms. The van der Waals surface area contributed by atoms with E-state index in [1.54, 1.807) is 35.7 Å². The quantitative estimate of drug-likeness (QED) is 0.846. The Morgan fingerprint density at radius 3 is 2.58 bits per heavy atom.